The number of carbonyl (C=O) groups is 2. The van der Waals surface area contributed by atoms with Crippen LogP contribution in [0.15, 0.2) is 42.5 Å². The van der Waals surface area contributed by atoms with Crippen LogP contribution in [0.5, 0.6) is 5.75 Å². The van der Waals surface area contributed by atoms with Crippen molar-refractivity contribution in [2.75, 3.05) is 5.32 Å². The molecule has 0 fully saturated rings. The van der Waals surface area contributed by atoms with Crippen molar-refractivity contribution >= 4 is 17.6 Å². The fourth-order valence-corrected chi connectivity index (χ4v) is 1.71. The molecule has 6 nitrogen and oxygen atoms in total. The van der Waals surface area contributed by atoms with E-state index in [9.17, 15) is 14.7 Å². The first-order chi connectivity index (χ1) is 10.0. The smallest absolute Gasteiger partial charge is 0.337 e. The van der Waals surface area contributed by atoms with Gasteiger partial charge in [-0.25, -0.2) is 4.79 Å². The molecule has 0 spiro atoms. The molecule has 0 saturated carbocycles. The third-order valence-electron chi connectivity index (χ3n) is 2.76. The van der Waals surface area contributed by atoms with E-state index in [0.717, 1.165) is 6.07 Å². The van der Waals surface area contributed by atoms with E-state index in [1.165, 1.54) is 36.4 Å². The summed E-state index contributed by atoms with van der Waals surface area (Å²) >= 11 is 0. The molecule has 2 aromatic rings. The van der Waals surface area contributed by atoms with Crippen LogP contribution in [0.25, 0.3) is 0 Å². The summed E-state index contributed by atoms with van der Waals surface area (Å²) in [6.45, 7) is 0. The summed E-state index contributed by atoms with van der Waals surface area (Å²) in [5.41, 5.74) is 0.576. The molecule has 0 unspecified atom stereocenters. The number of amides is 1. The van der Waals surface area contributed by atoms with Crippen molar-refractivity contribution < 1.29 is 19.8 Å². The Hall–Kier alpha value is -3.33. The van der Waals surface area contributed by atoms with Crippen molar-refractivity contribution in [3.05, 3.63) is 59.2 Å². The zero-order chi connectivity index (χ0) is 15.4. The summed E-state index contributed by atoms with van der Waals surface area (Å²) in [7, 11) is 0. The molecule has 0 bridgehead atoms. The lowest BCUT2D eigenvalue weighted by atomic mass is 10.1. The molecule has 2 rings (SSSR count). The Morgan fingerprint density at radius 2 is 1.76 bits per heavy atom. The summed E-state index contributed by atoms with van der Waals surface area (Å²) in [6.07, 6.45) is 0. The zero-order valence-corrected chi connectivity index (χ0v) is 10.7. The second kappa shape index (κ2) is 5.75. The highest BCUT2D eigenvalue weighted by Gasteiger charge is 2.14. The van der Waals surface area contributed by atoms with Gasteiger partial charge in [0.2, 0.25) is 0 Å². The van der Waals surface area contributed by atoms with Gasteiger partial charge in [0.05, 0.1) is 22.9 Å². The molecule has 0 saturated heterocycles. The normalized spacial score (nSPS) is 9.67. The van der Waals surface area contributed by atoms with Gasteiger partial charge >= 0.3 is 5.97 Å². The number of carboxylic acids is 1. The van der Waals surface area contributed by atoms with Gasteiger partial charge in [-0.1, -0.05) is 0 Å². The number of aromatic carboxylic acids is 1. The van der Waals surface area contributed by atoms with Crippen molar-refractivity contribution in [3.63, 3.8) is 0 Å². The second-order valence-corrected chi connectivity index (χ2v) is 4.18. The van der Waals surface area contributed by atoms with Crippen molar-refractivity contribution in [1.29, 1.82) is 5.26 Å². The number of rotatable bonds is 3. The third-order valence-corrected chi connectivity index (χ3v) is 2.76. The molecule has 1 amide bonds. The van der Waals surface area contributed by atoms with Gasteiger partial charge < -0.3 is 15.5 Å². The number of anilines is 1. The topological polar surface area (TPSA) is 110 Å². The number of aromatic hydroxyl groups is 1. The highest BCUT2D eigenvalue weighted by Crippen LogP contribution is 2.22. The van der Waals surface area contributed by atoms with E-state index in [2.05, 4.69) is 5.32 Å². The maximum Gasteiger partial charge on any atom is 0.337 e. The van der Waals surface area contributed by atoms with E-state index in [4.69, 9.17) is 10.4 Å². The molecular weight excluding hydrogens is 272 g/mol. The molecular formula is C15H10N2O4. The van der Waals surface area contributed by atoms with Gasteiger partial charge in [-0.3, -0.25) is 4.79 Å². The summed E-state index contributed by atoms with van der Waals surface area (Å²) in [6, 6.07) is 11.5. The molecule has 6 heteroatoms. The minimum atomic E-state index is -1.26. The summed E-state index contributed by atoms with van der Waals surface area (Å²) in [5.74, 6) is -1.97. The first kappa shape index (κ1) is 14.1. The average molecular weight is 282 g/mol. The quantitative estimate of drug-likeness (QED) is 0.747. The van der Waals surface area contributed by atoms with Crippen molar-refractivity contribution in [3.8, 4) is 11.8 Å². The van der Waals surface area contributed by atoms with Crippen LogP contribution in [-0.4, -0.2) is 22.1 Å². The van der Waals surface area contributed by atoms with Gasteiger partial charge in [-0.15, -0.1) is 0 Å². The number of nitrogens with zero attached hydrogens (tertiary/aromatic N) is 1. The average Bonchev–Trinajstić information content (AvgIpc) is 2.49. The Morgan fingerprint density at radius 1 is 1.10 bits per heavy atom. The van der Waals surface area contributed by atoms with E-state index in [-0.39, 0.29) is 17.0 Å². The Balaban J connectivity index is 2.27. The van der Waals surface area contributed by atoms with Crippen LogP contribution in [0.3, 0.4) is 0 Å². The second-order valence-electron chi connectivity index (χ2n) is 4.18. The Bertz CT molecular complexity index is 745. The van der Waals surface area contributed by atoms with E-state index >= 15 is 0 Å². The van der Waals surface area contributed by atoms with Crippen LogP contribution in [0.1, 0.15) is 26.3 Å². The fourth-order valence-electron chi connectivity index (χ4n) is 1.71. The number of nitriles is 1. The zero-order valence-electron chi connectivity index (χ0n) is 10.7. The number of hydrogen-bond donors (Lipinski definition) is 3. The number of benzene rings is 2. The fraction of sp³-hybridized carbons (Fsp3) is 0. The van der Waals surface area contributed by atoms with Crippen LogP contribution in [0.4, 0.5) is 5.69 Å². The van der Waals surface area contributed by atoms with Crippen LogP contribution in [-0.2, 0) is 0 Å². The van der Waals surface area contributed by atoms with E-state index < -0.39 is 11.9 Å². The lowest BCUT2D eigenvalue weighted by molar-refractivity contribution is 0.0697. The summed E-state index contributed by atoms with van der Waals surface area (Å²) in [4.78, 5) is 23.1. The number of carbonyl (C=O) groups excluding carboxylic acids is 1. The van der Waals surface area contributed by atoms with Crippen LogP contribution < -0.4 is 5.32 Å². The predicted octanol–water partition coefficient (Wildman–Crippen LogP) is 2.21. The monoisotopic (exact) mass is 282 g/mol. The van der Waals surface area contributed by atoms with E-state index in [0.29, 0.717) is 11.1 Å². The maximum absolute atomic E-state index is 12.0. The van der Waals surface area contributed by atoms with Crippen molar-refractivity contribution in [2.24, 2.45) is 0 Å². The first-order valence-electron chi connectivity index (χ1n) is 5.89. The molecule has 0 aromatic heterocycles. The van der Waals surface area contributed by atoms with Gasteiger partial charge in [-0.05, 0) is 42.5 Å². The molecule has 0 heterocycles. The molecule has 3 N–H and O–H groups in total. The SMILES string of the molecule is N#Cc1ccc(C(=O)Nc2ccc(O)cc2C(=O)O)cc1. The molecule has 21 heavy (non-hydrogen) atoms. The molecule has 0 radical (unpaired) electrons. The van der Waals surface area contributed by atoms with Crippen LogP contribution in [0, 0.1) is 11.3 Å². The van der Waals surface area contributed by atoms with Gasteiger partial charge in [0.15, 0.2) is 0 Å². The van der Waals surface area contributed by atoms with Crippen LogP contribution >= 0.6 is 0 Å². The van der Waals surface area contributed by atoms with Gasteiger partial charge in [0.25, 0.3) is 5.91 Å². The van der Waals surface area contributed by atoms with Crippen LogP contribution in [0.2, 0.25) is 0 Å². The maximum atomic E-state index is 12.0. The number of carboxylic acid groups (broad SMARTS) is 1. The molecule has 104 valence electrons. The lowest BCUT2D eigenvalue weighted by Crippen LogP contribution is -2.14. The molecule has 0 atom stereocenters. The third kappa shape index (κ3) is 3.16. The molecule has 0 aliphatic carbocycles. The minimum Gasteiger partial charge on any atom is -0.508 e. The molecule has 0 aliphatic heterocycles. The van der Waals surface area contributed by atoms with E-state index in [1.807, 2.05) is 6.07 Å². The first-order valence-corrected chi connectivity index (χ1v) is 5.89. The largest absolute Gasteiger partial charge is 0.508 e. The minimum absolute atomic E-state index is 0.0784. The van der Waals surface area contributed by atoms with Gasteiger partial charge in [0, 0.05) is 5.56 Å². The highest BCUT2D eigenvalue weighted by atomic mass is 16.4. The van der Waals surface area contributed by atoms with Gasteiger partial charge in [0.1, 0.15) is 5.75 Å². The number of phenols is 1. The Labute approximate surface area is 119 Å². The highest BCUT2D eigenvalue weighted by molar-refractivity contribution is 6.07. The Kier molecular flexibility index (Phi) is 3.86. The van der Waals surface area contributed by atoms with E-state index in [1.54, 1.807) is 0 Å². The molecule has 2 aromatic carbocycles. The summed E-state index contributed by atoms with van der Waals surface area (Å²) in [5, 5.41) is 29.5. The lowest BCUT2D eigenvalue weighted by Gasteiger charge is -2.09. The van der Waals surface area contributed by atoms with Crippen molar-refractivity contribution in [2.45, 2.75) is 0 Å². The predicted molar refractivity (Wildman–Crippen MR) is 74.2 cm³/mol. The number of nitrogens with one attached hydrogen (secondary N) is 1. The molecule has 0 aliphatic rings. The Morgan fingerprint density at radius 3 is 2.33 bits per heavy atom. The van der Waals surface area contributed by atoms with Crippen molar-refractivity contribution in [1.82, 2.24) is 0 Å². The number of hydrogen-bond acceptors (Lipinski definition) is 4. The summed E-state index contributed by atoms with van der Waals surface area (Å²) < 4.78 is 0. The standard InChI is InChI=1S/C15H10N2O4/c16-8-9-1-3-10(4-2-9)14(19)17-13-6-5-11(18)7-12(13)15(20)21/h1-7,18H,(H,17,19)(H,20,21). The number of phenolic OH excluding ortho intramolecular Hbond substituents is 1. The van der Waals surface area contributed by atoms with Gasteiger partial charge in [-0.2, -0.15) is 5.26 Å².